The van der Waals surface area contributed by atoms with Gasteiger partial charge in [0.05, 0.1) is 0 Å². The third-order valence-electron chi connectivity index (χ3n) is 5.28. The Kier molecular flexibility index (Phi) is 5.92. The van der Waals surface area contributed by atoms with E-state index in [1.807, 2.05) is 0 Å². The summed E-state index contributed by atoms with van der Waals surface area (Å²) in [7, 11) is 4.50. The number of benzene rings is 1. The molecule has 2 heterocycles. The highest BCUT2D eigenvalue weighted by Crippen LogP contribution is 2.19. The lowest BCUT2D eigenvalue weighted by atomic mass is 9.96. The predicted molar refractivity (Wildman–Crippen MR) is 98.1 cm³/mol. The van der Waals surface area contributed by atoms with E-state index in [0.717, 1.165) is 38.6 Å². The van der Waals surface area contributed by atoms with E-state index in [1.54, 1.807) is 0 Å². The van der Waals surface area contributed by atoms with E-state index in [9.17, 15) is 0 Å². The zero-order chi connectivity index (χ0) is 16.1. The summed E-state index contributed by atoms with van der Waals surface area (Å²) in [6, 6.07) is 9.21. The standard InChI is InChI=1S/C19H32N4/c1-21-11-7-18(8-12-21)16-22(2)15-17-3-5-19(6-4-17)23-13-9-20-10-14-23/h3-6,18,20H,7-16H2,1-2H3. The molecule has 2 saturated heterocycles. The van der Waals surface area contributed by atoms with Crippen LogP contribution in [0.15, 0.2) is 24.3 Å². The smallest absolute Gasteiger partial charge is 0.0367 e. The predicted octanol–water partition coefficient (Wildman–Crippen LogP) is 1.87. The number of nitrogens with zero attached hydrogens (tertiary/aromatic N) is 3. The molecule has 0 atom stereocenters. The average Bonchev–Trinajstić information content (AvgIpc) is 2.58. The Balaban J connectivity index is 1.47. The molecule has 0 aliphatic carbocycles. The number of piperidine rings is 1. The van der Waals surface area contributed by atoms with E-state index in [0.29, 0.717) is 0 Å². The second-order valence-electron chi connectivity index (χ2n) is 7.35. The summed E-state index contributed by atoms with van der Waals surface area (Å²) >= 11 is 0. The van der Waals surface area contributed by atoms with Gasteiger partial charge in [0.2, 0.25) is 0 Å². The fourth-order valence-electron chi connectivity index (χ4n) is 3.80. The molecule has 2 aliphatic heterocycles. The third-order valence-corrected chi connectivity index (χ3v) is 5.28. The van der Waals surface area contributed by atoms with Gasteiger partial charge in [-0.3, -0.25) is 0 Å². The lowest BCUT2D eigenvalue weighted by Crippen LogP contribution is -2.43. The lowest BCUT2D eigenvalue weighted by Gasteiger charge is -2.32. The van der Waals surface area contributed by atoms with Crippen molar-refractivity contribution in [3.63, 3.8) is 0 Å². The molecule has 0 radical (unpaired) electrons. The molecule has 2 aliphatic rings. The van der Waals surface area contributed by atoms with Crippen molar-refractivity contribution >= 4 is 5.69 Å². The zero-order valence-corrected chi connectivity index (χ0v) is 14.8. The highest BCUT2D eigenvalue weighted by molar-refractivity contribution is 5.48. The largest absolute Gasteiger partial charge is 0.369 e. The van der Waals surface area contributed by atoms with Crippen LogP contribution < -0.4 is 10.2 Å². The van der Waals surface area contributed by atoms with Crippen molar-refractivity contribution in [2.75, 3.05) is 64.8 Å². The molecule has 0 amide bonds. The van der Waals surface area contributed by atoms with Crippen LogP contribution in [0.1, 0.15) is 18.4 Å². The van der Waals surface area contributed by atoms with Gasteiger partial charge in [-0.2, -0.15) is 0 Å². The second-order valence-corrected chi connectivity index (χ2v) is 7.35. The van der Waals surface area contributed by atoms with Crippen LogP contribution >= 0.6 is 0 Å². The van der Waals surface area contributed by atoms with Gasteiger partial charge in [-0.25, -0.2) is 0 Å². The third kappa shape index (κ3) is 4.93. The first-order chi connectivity index (χ1) is 11.2. The molecule has 0 bridgehead atoms. The molecule has 3 rings (SSSR count). The zero-order valence-electron chi connectivity index (χ0n) is 14.8. The molecular formula is C19H32N4. The maximum Gasteiger partial charge on any atom is 0.0367 e. The van der Waals surface area contributed by atoms with Crippen LogP contribution in [0.5, 0.6) is 0 Å². The molecule has 1 N–H and O–H groups in total. The van der Waals surface area contributed by atoms with Gasteiger partial charge in [0, 0.05) is 45.0 Å². The minimum Gasteiger partial charge on any atom is -0.369 e. The van der Waals surface area contributed by atoms with Crippen molar-refractivity contribution in [3.8, 4) is 0 Å². The van der Waals surface area contributed by atoms with E-state index in [4.69, 9.17) is 0 Å². The van der Waals surface area contributed by atoms with Crippen molar-refractivity contribution in [2.24, 2.45) is 5.92 Å². The van der Waals surface area contributed by atoms with E-state index in [-0.39, 0.29) is 0 Å². The molecule has 0 unspecified atom stereocenters. The first-order valence-electron chi connectivity index (χ1n) is 9.12. The fourth-order valence-corrected chi connectivity index (χ4v) is 3.80. The maximum absolute atomic E-state index is 3.41. The molecule has 4 heteroatoms. The van der Waals surface area contributed by atoms with Crippen LogP contribution in [0.3, 0.4) is 0 Å². The van der Waals surface area contributed by atoms with E-state index in [2.05, 4.69) is 58.4 Å². The maximum atomic E-state index is 3.41. The van der Waals surface area contributed by atoms with Gasteiger partial charge in [0.1, 0.15) is 0 Å². The van der Waals surface area contributed by atoms with Gasteiger partial charge in [-0.05, 0) is 63.6 Å². The number of piperazine rings is 1. The second kappa shape index (κ2) is 8.13. The van der Waals surface area contributed by atoms with Gasteiger partial charge >= 0.3 is 0 Å². The molecule has 0 saturated carbocycles. The number of anilines is 1. The summed E-state index contributed by atoms with van der Waals surface area (Å²) in [6.07, 6.45) is 2.70. The van der Waals surface area contributed by atoms with Gasteiger partial charge in [0.25, 0.3) is 0 Å². The molecule has 4 nitrogen and oxygen atoms in total. The van der Waals surface area contributed by atoms with Gasteiger partial charge in [-0.15, -0.1) is 0 Å². The first kappa shape index (κ1) is 16.7. The van der Waals surface area contributed by atoms with Crippen molar-refractivity contribution in [1.29, 1.82) is 0 Å². The Labute approximate surface area is 141 Å². The summed E-state index contributed by atoms with van der Waals surface area (Å²) in [6.45, 7) is 9.25. The fraction of sp³-hybridized carbons (Fsp3) is 0.684. The Morgan fingerprint density at radius 1 is 1.04 bits per heavy atom. The minimum absolute atomic E-state index is 0.872. The van der Waals surface area contributed by atoms with Crippen LogP contribution in [0.2, 0.25) is 0 Å². The van der Waals surface area contributed by atoms with Crippen LogP contribution in [0, 0.1) is 5.92 Å². The normalized spacial score (nSPS) is 21.1. The highest BCUT2D eigenvalue weighted by Gasteiger charge is 2.18. The van der Waals surface area contributed by atoms with Crippen LogP contribution in [-0.2, 0) is 6.54 Å². The molecule has 128 valence electrons. The quantitative estimate of drug-likeness (QED) is 0.895. The molecule has 0 aromatic heterocycles. The SMILES string of the molecule is CN1CCC(CN(C)Cc2ccc(N3CCNCC3)cc2)CC1. The van der Waals surface area contributed by atoms with Gasteiger partial charge in [-0.1, -0.05) is 12.1 Å². The molecule has 1 aromatic rings. The first-order valence-corrected chi connectivity index (χ1v) is 9.12. The summed E-state index contributed by atoms with van der Waals surface area (Å²) in [5.41, 5.74) is 2.80. The van der Waals surface area contributed by atoms with Crippen molar-refractivity contribution in [2.45, 2.75) is 19.4 Å². The average molecular weight is 316 g/mol. The Bertz CT molecular complexity index is 459. The Morgan fingerprint density at radius 2 is 1.70 bits per heavy atom. The summed E-state index contributed by atoms with van der Waals surface area (Å²) in [5, 5.41) is 3.41. The monoisotopic (exact) mass is 316 g/mol. The summed E-state index contributed by atoms with van der Waals surface area (Å²) in [4.78, 5) is 7.42. The van der Waals surface area contributed by atoms with Crippen LogP contribution in [-0.4, -0.2) is 69.7 Å². The molecule has 23 heavy (non-hydrogen) atoms. The lowest BCUT2D eigenvalue weighted by molar-refractivity contribution is 0.173. The topological polar surface area (TPSA) is 21.8 Å². The van der Waals surface area contributed by atoms with Crippen molar-refractivity contribution in [1.82, 2.24) is 15.1 Å². The highest BCUT2D eigenvalue weighted by atomic mass is 15.2. The number of hydrogen-bond donors (Lipinski definition) is 1. The number of likely N-dealkylation sites (tertiary alicyclic amines) is 1. The van der Waals surface area contributed by atoms with E-state index >= 15 is 0 Å². The molecule has 0 spiro atoms. The van der Waals surface area contributed by atoms with Gasteiger partial charge in [0.15, 0.2) is 0 Å². The van der Waals surface area contributed by atoms with Crippen LogP contribution in [0.4, 0.5) is 5.69 Å². The Hall–Kier alpha value is -1.10. The molecule has 2 fully saturated rings. The number of hydrogen-bond acceptors (Lipinski definition) is 4. The van der Waals surface area contributed by atoms with Crippen molar-refractivity contribution in [3.05, 3.63) is 29.8 Å². The number of rotatable bonds is 5. The van der Waals surface area contributed by atoms with Gasteiger partial charge < -0.3 is 20.0 Å². The van der Waals surface area contributed by atoms with E-state index < -0.39 is 0 Å². The van der Waals surface area contributed by atoms with Crippen molar-refractivity contribution < 1.29 is 0 Å². The summed E-state index contributed by atoms with van der Waals surface area (Å²) < 4.78 is 0. The Morgan fingerprint density at radius 3 is 2.35 bits per heavy atom. The molecule has 1 aromatic carbocycles. The minimum atomic E-state index is 0.872. The summed E-state index contributed by atoms with van der Waals surface area (Å²) in [5.74, 6) is 0.872. The van der Waals surface area contributed by atoms with Crippen LogP contribution in [0.25, 0.3) is 0 Å². The number of nitrogens with one attached hydrogen (secondary N) is 1. The van der Waals surface area contributed by atoms with E-state index in [1.165, 1.54) is 43.7 Å². The molecular weight excluding hydrogens is 284 g/mol.